The first-order valence-electron chi connectivity index (χ1n) is 6.84. The Morgan fingerprint density at radius 1 is 1.27 bits per heavy atom. The van der Waals surface area contributed by atoms with Gasteiger partial charge in [0.2, 0.25) is 15.7 Å². The van der Waals surface area contributed by atoms with Crippen LogP contribution in [0.25, 0.3) is 0 Å². The molecule has 2 rings (SSSR count). The number of benzene rings is 1. The fourth-order valence-corrected chi connectivity index (χ4v) is 3.43. The molecule has 0 unspecified atom stereocenters. The van der Waals surface area contributed by atoms with Crippen LogP contribution in [0.4, 0.5) is 0 Å². The second-order valence-electron chi connectivity index (χ2n) is 5.49. The number of nitrogens with two attached hydrogens (primary N) is 1. The molecule has 22 heavy (non-hydrogen) atoms. The van der Waals surface area contributed by atoms with E-state index in [1.807, 2.05) is 13.8 Å². The molecule has 0 aliphatic heterocycles. The van der Waals surface area contributed by atoms with E-state index < -0.39 is 21.1 Å². The molecular weight excluding hydrogens is 326 g/mol. The van der Waals surface area contributed by atoms with Crippen molar-refractivity contribution in [3.63, 3.8) is 0 Å². The van der Waals surface area contributed by atoms with Gasteiger partial charge in [-0.3, -0.25) is 0 Å². The summed E-state index contributed by atoms with van der Waals surface area (Å²) in [6.07, 6.45) is 0.631. The Bertz CT molecular complexity index is 743. The lowest BCUT2D eigenvalue weighted by molar-refractivity contribution is 0.352. The van der Waals surface area contributed by atoms with E-state index in [1.54, 1.807) is 24.3 Å². The molecule has 1 aromatic carbocycles. The van der Waals surface area contributed by atoms with Gasteiger partial charge in [-0.1, -0.05) is 48.7 Å². The van der Waals surface area contributed by atoms with Crippen molar-refractivity contribution in [1.29, 1.82) is 0 Å². The molecule has 0 aliphatic carbocycles. The lowest BCUT2D eigenvalue weighted by Crippen LogP contribution is -2.13. The maximum atomic E-state index is 12.3. The van der Waals surface area contributed by atoms with E-state index >= 15 is 0 Å². The van der Waals surface area contributed by atoms with E-state index in [-0.39, 0.29) is 11.6 Å². The molecule has 1 aromatic heterocycles. The Labute approximate surface area is 134 Å². The Morgan fingerprint density at radius 3 is 2.59 bits per heavy atom. The van der Waals surface area contributed by atoms with Gasteiger partial charge in [-0.15, -0.1) is 5.10 Å². The summed E-state index contributed by atoms with van der Waals surface area (Å²) in [5, 5.41) is 7.31. The van der Waals surface area contributed by atoms with Gasteiger partial charge in [-0.05, 0) is 24.0 Å². The van der Waals surface area contributed by atoms with E-state index in [0.29, 0.717) is 22.9 Å². The first-order chi connectivity index (χ1) is 10.3. The molecule has 0 bridgehead atoms. The van der Waals surface area contributed by atoms with Gasteiger partial charge in [-0.2, -0.15) is 0 Å². The zero-order valence-corrected chi connectivity index (χ0v) is 13.9. The summed E-state index contributed by atoms with van der Waals surface area (Å²) in [6.45, 7) is 4.01. The predicted molar refractivity (Wildman–Crippen MR) is 83.0 cm³/mol. The molecule has 0 spiro atoms. The minimum Gasteiger partial charge on any atom is -0.411 e. The third kappa shape index (κ3) is 4.06. The quantitative estimate of drug-likeness (QED) is 0.865. The fraction of sp³-hybridized carbons (Fsp3) is 0.429. The van der Waals surface area contributed by atoms with E-state index in [2.05, 4.69) is 10.2 Å². The average molecular weight is 344 g/mol. The lowest BCUT2D eigenvalue weighted by atomic mass is 10.1. The molecule has 0 fully saturated rings. The number of hydrogen-bond donors (Lipinski definition) is 1. The minimum absolute atomic E-state index is 0.131. The summed E-state index contributed by atoms with van der Waals surface area (Å²) < 4.78 is 29.9. The monoisotopic (exact) mass is 343 g/mol. The van der Waals surface area contributed by atoms with Gasteiger partial charge in [0.05, 0.1) is 11.8 Å². The van der Waals surface area contributed by atoms with Crippen LogP contribution >= 0.6 is 11.6 Å². The summed E-state index contributed by atoms with van der Waals surface area (Å²) in [5.41, 5.74) is 6.40. The normalized spacial score (nSPS) is 13.5. The summed E-state index contributed by atoms with van der Waals surface area (Å²) in [5.74, 6) is 0.171. The smallest absolute Gasteiger partial charge is 0.335 e. The van der Waals surface area contributed by atoms with Crippen LogP contribution in [-0.4, -0.2) is 18.6 Å². The second-order valence-corrected chi connectivity index (χ2v) is 7.77. The molecule has 0 saturated carbocycles. The lowest BCUT2D eigenvalue weighted by Gasteiger charge is -2.08. The maximum absolute atomic E-state index is 12.3. The maximum Gasteiger partial charge on any atom is 0.335 e. The van der Waals surface area contributed by atoms with E-state index in [4.69, 9.17) is 21.8 Å². The molecule has 8 heteroatoms. The summed E-state index contributed by atoms with van der Waals surface area (Å²) in [4.78, 5) is 0. The predicted octanol–water partition coefficient (Wildman–Crippen LogP) is 2.74. The first kappa shape index (κ1) is 16.9. The van der Waals surface area contributed by atoms with Crippen molar-refractivity contribution in [2.75, 3.05) is 0 Å². The largest absolute Gasteiger partial charge is 0.411 e. The Morgan fingerprint density at radius 2 is 1.95 bits per heavy atom. The highest BCUT2D eigenvalue weighted by molar-refractivity contribution is 7.90. The van der Waals surface area contributed by atoms with Crippen molar-refractivity contribution < 1.29 is 12.8 Å². The second kappa shape index (κ2) is 6.76. The van der Waals surface area contributed by atoms with Crippen LogP contribution in [0.5, 0.6) is 0 Å². The van der Waals surface area contributed by atoms with E-state index in [9.17, 15) is 8.42 Å². The number of rotatable bonds is 6. The molecule has 0 radical (unpaired) electrons. The van der Waals surface area contributed by atoms with Crippen molar-refractivity contribution in [3.8, 4) is 0 Å². The van der Waals surface area contributed by atoms with Crippen molar-refractivity contribution in [3.05, 3.63) is 40.7 Å². The molecule has 120 valence electrons. The van der Waals surface area contributed by atoms with Crippen molar-refractivity contribution in [2.45, 2.75) is 37.3 Å². The van der Waals surface area contributed by atoms with Crippen molar-refractivity contribution in [2.24, 2.45) is 11.7 Å². The first-order valence-corrected chi connectivity index (χ1v) is 8.87. The van der Waals surface area contributed by atoms with Gasteiger partial charge in [0, 0.05) is 5.02 Å². The highest BCUT2D eigenvalue weighted by atomic mass is 35.5. The number of halogens is 1. The topological polar surface area (TPSA) is 99.1 Å². The Hall–Kier alpha value is -1.44. The van der Waals surface area contributed by atoms with Crippen LogP contribution in [0.15, 0.2) is 33.9 Å². The van der Waals surface area contributed by atoms with Crippen LogP contribution in [-0.2, 0) is 15.6 Å². The van der Waals surface area contributed by atoms with Gasteiger partial charge in [-0.25, -0.2) is 8.42 Å². The molecule has 1 heterocycles. The van der Waals surface area contributed by atoms with Crippen LogP contribution in [0.1, 0.15) is 37.8 Å². The Balaban J connectivity index is 2.20. The van der Waals surface area contributed by atoms with Crippen molar-refractivity contribution >= 4 is 21.4 Å². The van der Waals surface area contributed by atoms with Gasteiger partial charge in [0.1, 0.15) is 0 Å². The highest BCUT2D eigenvalue weighted by Crippen LogP contribution is 2.23. The third-order valence-electron chi connectivity index (χ3n) is 3.03. The van der Waals surface area contributed by atoms with Gasteiger partial charge in [0.15, 0.2) is 0 Å². The third-order valence-corrected chi connectivity index (χ3v) is 4.79. The molecule has 2 aromatic rings. The van der Waals surface area contributed by atoms with Crippen LogP contribution < -0.4 is 5.73 Å². The zero-order chi connectivity index (χ0) is 16.3. The standard InChI is InChI=1S/C14H18ClN3O3S/c1-9(2)7-12(16)13-17-18-14(21-13)22(19,20)8-10-5-3-4-6-11(10)15/h3-6,9,12H,7-8,16H2,1-2H3/t12-/m0/s1. The molecule has 6 nitrogen and oxygen atoms in total. The Kier molecular flexibility index (Phi) is 5.20. The van der Waals surface area contributed by atoms with Gasteiger partial charge >= 0.3 is 5.22 Å². The molecule has 0 amide bonds. The minimum atomic E-state index is -3.76. The summed E-state index contributed by atoms with van der Waals surface area (Å²) >= 11 is 5.98. The number of hydrogen-bond acceptors (Lipinski definition) is 6. The summed E-state index contributed by atoms with van der Waals surface area (Å²) in [7, 11) is -3.76. The molecular formula is C14H18ClN3O3S. The van der Waals surface area contributed by atoms with Gasteiger partial charge < -0.3 is 10.2 Å². The fourth-order valence-electron chi connectivity index (χ4n) is 1.99. The molecule has 2 N–H and O–H groups in total. The molecule has 1 atom stereocenters. The molecule has 0 aliphatic rings. The van der Waals surface area contributed by atoms with E-state index in [1.165, 1.54) is 0 Å². The SMILES string of the molecule is CC(C)C[C@H](N)c1nnc(S(=O)(=O)Cc2ccccc2Cl)o1. The highest BCUT2D eigenvalue weighted by Gasteiger charge is 2.25. The number of nitrogens with zero attached hydrogens (tertiary/aromatic N) is 2. The summed E-state index contributed by atoms with van der Waals surface area (Å²) in [6, 6.07) is 6.24. The van der Waals surface area contributed by atoms with Crippen LogP contribution in [0.3, 0.4) is 0 Å². The van der Waals surface area contributed by atoms with E-state index in [0.717, 1.165) is 0 Å². The van der Waals surface area contributed by atoms with Crippen LogP contribution in [0, 0.1) is 5.92 Å². The van der Waals surface area contributed by atoms with Gasteiger partial charge in [0.25, 0.3) is 0 Å². The van der Waals surface area contributed by atoms with Crippen molar-refractivity contribution in [1.82, 2.24) is 10.2 Å². The zero-order valence-electron chi connectivity index (χ0n) is 12.4. The number of aromatic nitrogens is 2. The van der Waals surface area contributed by atoms with Crippen LogP contribution in [0.2, 0.25) is 5.02 Å². The molecule has 0 saturated heterocycles. The number of sulfone groups is 1. The average Bonchev–Trinajstić information content (AvgIpc) is 2.91.